The minimum atomic E-state index is -0.352. The van der Waals surface area contributed by atoms with Gasteiger partial charge in [0.25, 0.3) is 0 Å². The number of likely N-dealkylation sites (N-methyl/N-ethyl adjacent to an activating group) is 1. The molecule has 1 fully saturated rings. The summed E-state index contributed by atoms with van der Waals surface area (Å²) in [4.78, 5) is 16.6. The number of nitrogens with zero attached hydrogens (tertiary/aromatic N) is 2. The van der Waals surface area contributed by atoms with E-state index in [1.54, 1.807) is 0 Å². The van der Waals surface area contributed by atoms with Crippen LogP contribution in [0.15, 0.2) is 0 Å². The zero-order chi connectivity index (χ0) is 13.0. The number of likely N-dealkylation sites (tertiary alicyclic amines) is 1. The molecular weight excluding hydrogens is 214 g/mol. The molecule has 1 unspecified atom stereocenters. The van der Waals surface area contributed by atoms with Gasteiger partial charge in [0, 0.05) is 12.6 Å². The van der Waals surface area contributed by atoms with Crippen LogP contribution in [0.3, 0.4) is 0 Å². The van der Waals surface area contributed by atoms with E-state index in [0.717, 1.165) is 32.5 Å². The molecule has 100 valence electrons. The largest absolute Gasteiger partial charge is 0.339 e. The molecule has 17 heavy (non-hydrogen) atoms. The fourth-order valence-corrected chi connectivity index (χ4v) is 2.38. The number of hydrogen-bond acceptors (Lipinski definition) is 3. The van der Waals surface area contributed by atoms with Crippen molar-refractivity contribution in [3.63, 3.8) is 0 Å². The second kappa shape index (κ2) is 6.36. The molecule has 0 spiro atoms. The van der Waals surface area contributed by atoms with Gasteiger partial charge in [0.1, 0.15) is 0 Å². The lowest BCUT2D eigenvalue weighted by molar-refractivity contribution is -0.136. The van der Waals surface area contributed by atoms with Gasteiger partial charge in [-0.1, -0.05) is 13.8 Å². The number of carbonyl (C=O) groups excluding carboxylic acids is 1. The van der Waals surface area contributed by atoms with Crippen molar-refractivity contribution in [3.8, 4) is 0 Å². The van der Waals surface area contributed by atoms with Gasteiger partial charge in [-0.05, 0) is 45.8 Å². The second-order valence-corrected chi connectivity index (χ2v) is 5.43. The molecule has 0 aliphatic carbocycles. The van der Waals surface area contributed by atoms with Gasteiger partial charge < -0.3 is 15.5 Å². The summed E-state index contributed by atoms with van der Waals surface area (Å²) in [7, 11) is 2.13. The van der Waals surface area contributed by atoms with E-state index in [1.165, 1.54) is 0 Å². The summed E-state index contributed by atoms with van der Waals surface area (Å²) in [6.45, 7) is 8.98. The molecule has 2 N–H and O–H groups in total. The third-order valence-electron chi connectivity index (χ3n) is 3.76. The Morgan fingerprint density at radius 1 is 1.41 bits per heavy atom. The fourth-order valence-electron chi connectivity index (χ4n) is 2.38. The van der Waals surface area contributed by atoms with Gasteiger partial charge in [-0.15, -0.1) is 0 Å². The van der Waals surface area contributed by atoms with E-state index >= 15 is 0 Å². The molecule has 0 aromatic carbocycles. The summed E-state index contributed by atoms with van der Waals surface area (Å²) in [6, 6.07) is 0.0307. The fraction of sp³-hybridized carbons (Fsp3) is 0.923. The van der Waals surface area contributed by atoms with Crippen LogP contribution in [0.2, 0.25) is 0 Å². The zero-order valence-electron chi connectivity index (χ0n) is 11.6. The number of nitrogens with two attached hydrogens (primary N) is 1. The first-order valence-electron chi connectivity index (χ1n) is 6.72. The minimum absolute atomic E-state index is 0.122. The van der Waals surface area contributed by atoms with Crippen molar-refractivity contribution in [1.82, 2.24) is 9.80 Å². The van der Waals surface area contributed by atoms with Crippen LogP contribution in [-0.2, 0) is 4.79 Å². The van der Waals surface area contributed by atoms with Gasteiger partial charge in [0.2, 0.25) is 5.91 Å². The van der Waals surface area contributed by atoms with Gasteiger partial charge in [0.05, 0.1) is 6.04 Å². The summed E-state index contributed by atoms with van der Waals surface area (Å²) < 4.78 is 0. The Balaban J connectivity index is 2.61. The van der Waals surface area contributed by atoms with Crippen LogP contribution in [-0.4, -0.2) is 54.5 Å². The van der Waals surface area contributed by atoms with Gasteiger partial charge in [-0.3, -0.25) is 4.79 Å². The van der Waals surface area contributed by atoms with Crippen LogP contribution in [0.1, 0.15) is 33.6 Å². The molecule has 1 atom stereocenters. The maximum Gasteiger partial charge on any atom is 0.239 e. The topological polar surface area (TPSA) is 49.6 Å². The van der Waals surface area contributed by atoms with E-state index in [9.17, 15) is 4.79 Å². The standard InChI is InChI=1S/C13H27N3O/c1-5-16(13(17)12(14)10(2)3)11-6-8-15(4)9-7-11/h10-12H,5-9,14H2,1-4H3. The molecule has 1 aliphatic heterocycles. The first kappa shape index (κ1) is 14.5. The van der Waals surface area contributed by atoms with Crippen LogP contribution < -0.4 is 5.73 Å². The maximum atomic E-state index is 12.3. The predicted octanol–water partition coefficient (Wildman–Crippen LogP) is 0.912. The lowest BCUT2D eigenvalue weighted by Crippen LogP contribution is -2.53. The molecule has 1 rings (SSSR count). The molecule has 4 nitrogen and oxygen atoms in total. The average molecular weight is 241 g/mol. The van der Waals surface area contributed by atoms with Gasteiger partial charge in [-0.25, -0.2) is 0 Å². The number of hydrogen-bond donors (Lipinski definition) is 1. The van der Waals surface area contributed by atoms with Crippen molar-refractivity contribution in [3.05, 3.63) is 0 Å². The summed E-state index contributed by atoms with van der Waals surface area (Å²) in [6.07, 6.45) is 2.14. The van der Waals surface area contributed by atoms with Crippen LogP contribution >= 0.6 is 0 Å². The van der Waals surface area contributed by atoms with Gasteiger partial charge >= 0.3 is 0 Å². The highest BCUT2D eigenvalue weighted by Crippen LogP contribution is 2.17. The van der Waals surface area contributed by atoms with E-state index in [-0.39, 0.29) is 17.9 Å². The molecule has 4 heteroatoms. The van der Waals surface area contributed by atoms with E-state index in [4.69, 9.17) is 5.73 Å². The summed E-state index contributed by atoms with van der Waals surface area (Å²) >= 11 is 0. The molecule has 1 amide bonds. The summed E-state index contributed by atoms with van der Waals surface area (Å²) in [5.74, 6) is 0.333. The molecule has 0 radical (unpaired) electrons. The number of rotatable bonds is 4. The molecule has 0 aromatic rings. The van der Waals surface area contributed by atoms with Crippen molar-refractivity contribution < 1.29 is 4.79 Å². The number of carbonyl (C=O) groups is 1. The van der Waals surface area contributed by atoms with E-state index < -0.39 is 0 Å². The highest BCUT2D eigenvalue weighted by molar-refractivity contribution is 5.82. The normalized spacial score (nSPS) is 20.6. The quantitative estimate of drug-likeness (QED) is 0.796. The Labute approximate surface area is 105 Å². The Bertz CT molecular complexity index is 247. The van der Waals surface area contributed by atoms with E-state index in [1.807, 2.05) is 25.7 Å². The third kappa shape index (κ3) is 3.68. The monoisotopic (exact) mass is 241 g/mol. The van der Waals surface area contributed by atoms with E-state index in [0.29, 0.717) is 6.04 Å². The highest BCUT2D eigenvalue weighted by atomic mass is 16.2. The molecule has 0 saturated carbocycles. The lowest BCUT2D eigenvalue weighted by atomic mass is 9.99. The van der Waals surface area contributed by atoms with Gasteiger partial charge in [0.15, 0.2) is 0 Å². The third-order valence-corrected chi connectivity index (χ3v) is 3.76. The smallest absolute Gasteiger partial charge is 0.239 e. The van der Waals surface area contributed by atoms with Crippen LogP contribution in [0.25, 0.3) is 0 Å². The number of piperidine rings is 1. The zero-order valence-corrected chi connectivity index (χ0v) is 11.6. The lowest BCUT2D eigenvalue weighted by Gasteiger charge is -2.38. The maximum absolute atomic E-state index is 12.3. The molecule has 0 bridgehead atoms. The first-order chi connectivity index (χ1) is 7.97. The molecule has 1 aliphatic rings. The van der Waals surface area contributed by atoms with Crippen LogP contribution in [0.4, 0.5) is 0 Å². The Hall–Kier alpha value is -0.610. The highest BCUT2D eigenvalue weighted by Gasteiger charge is 2.29. The minimum Gasteiger partial charge on any atom is -0.339 e. The Kier molecular flexibility index (Phi) is 5.40. The van der Waals surface area contributed by atoms with E-state index in [2.05, 4.69) is 11.9 Å². The molecule has 1 heterocycles. The number of amides is 1. The SMILES string of the molecule is CCN(C(=O)C(N)C(C)C)C1CCN(C)CC1. The second-order valence-electron chi connectivity index (χ2n) is 5.43. The molecule has 0 aromatic heterocycles. The Morgan fingerprint density at radius 3 is 2.35 bits per heavy atom. The molecular formula is C13H27N3O. The predicted molar refractivity (Wildman–Crippen MR) is 70.7 cm³/mol. The van der Waals surface area contributed by atoms with Crippen molar-refractivity contribution in [1.29, 1.82) is 0 Å². The van der Waals surface area contributed by atoms with Crippen LogP contribution in [0.5, 0.6) is 0 Å². The van der Waals surface area contributed by atoms with Crippen molar-refractivity contribution in [2.75, 3.05) is 26.7 Å². The first-order valence-corrected chi connectivity index (χ1v) is 6.72. The average Bonchev–Trinajstić information content (AvgIpc) is 2.31. The summed E-state index contributed by atoms with van der Waals surface area (Å²) in [5, 5.41) is 0. The van der Waals surface area contributed by atoms with Gasteiger partial charge in [-0.2, -0.15) is 0 Å². The van der Waals surface area contributed by atoms with Crippen molar-refractivity contribution in [2.45, 2.75) is 45.7 Å². The summed E-state index contributed by atoms with van der Waals surface area (Å²) in [5.41, 5.74) is 5.97. The van der Waals surface area contributed by atoms with Crippen LogP contribution in [0, 0.1) is 5.92 Å². The van der Waals surface area contributed by atoms with Crippen molar-refractivity contribution in [2.24, 2.45) is 11.7 Å². The van der Waals surface area contributed by atoms with Crippen molar-refractivity contribution >= 4 is 5.91 Å². The molecule has 1 saturated heterocycles. The Morgan fingerprint density at radius 2 is 1.94 bits per heavy atom.